The van der Waals surface area contributed by atoms with Crippen LogP contribution in [0.2, 0.25) is 0 Å². The number of hydrogen-bond acceptors (Lipinski definition) is 4. The second-order valence-corrected chi connectivity index (χ2v) is 12.2. The first kappa shape index (κ1) is 28.0. The van der Waals surface area contributed by atoms with E-state index in [1.165, 1.54) is 12.1 Å². The van der Waals surface area contributed by atoms with E-state index in [4.69, 9.17) is 0 Å². The van der Waals surface area contributed by atoms with Gasteiger partial charge in [-0.15, -0.1) is 23.5 Å². The molecular weight excluding hydrogens is 489 g/mol. The molecule has 3 aromatic carbocycles. The summed E-state index contributed by atoms with van der Waals surface area (Å²) in [6.45, 7) is 7.89. The molecule has 0 aliphatic heterocycles. The number of amides is 1. The average Bonchev–Trinajstić information content (AvgIpc) is 2.88. The summed E-state index contributed by atoms with van der Waals surface area (Å²) in [7, 11) is 0. The van der Waals surface area contributed by atoms with Crippen LogP contribution in [0, 0.1) is 17.7 Å². The highest BCUT2D eigenvalue weighted by molar-refractivity contribution is 8.17. The number of hydrogen-bond donors (Lipinski definition) is 1. The van der Waals surface area contributed by atoms with Crippen molar-refractivity contribution in [3.8, 4) is 11.1 Å². The van der Waals surface area contributed by atoms with Crippen molar-refractivity contribution in [3.63, 3.8) is 0 Å². The Labute approximate surface area is 222 Å². The van der Waals surface area contributed by atoms with Gasteiger partial charge in [-0.3, -0.25) is 9.59 Å². The van der Waals surface area contributed by atoms with Crippen molar-refractivity contribution in [3.05, 3.63) is 90.2 Å². The van der Waals surface area contributed by atoms with Gasteiger partial charge in [0, 0.05) is 11.6 Å². The molecule has 0 heterocycles. The SMILES string of the molecule is CCSC(CC(C(=O)Nc1ccccc1)C(=O)C(C)C)(SCC)c1ccccc1-c1ccc(F)cc1. The number of ketones is 1. The highest BCUT2D eigenvalue weighted by Gasteiger charge is 2.42. The molecule has 36 heavy (non-hydrogen) atoms. The Balaban J connectivity index is 2.11. The maximum Gasteiger partial charge on any atom is 0.235 e. The van der Waals surface area contributed by atoms with Crippen LogP contribution in [0.5, 0.6) is 0 Å². The molecule has 0 bridgehead atoms. The largest absolute Gasteiger partial charge is 0.325 e. The minimum Gasteiger partial charge on any atom is -0.325 e. The third-order valence-electron chi connectivity index (χ3n) is 5.99. The molecule has 1 amide bonds. The standard InChI is InChI=1S/C30H34FNO2S2/c1-5-35-30(36-6-2,27-15-11-10-14-25(27)22-16-18-23(31)19-17-22)20-26(28(33)21(3)4)29(34)32-24-12-8-7-9-13-24/h7-19,21,26H,5-6,20H2,1-4H3,(H,32,34). The van der Waals surface area contributed by atoms with E-state index in [9.17, 15) is 14.0 Å². The van der Waals surface area contributed by atoms with E-state index < -0.39 is 10.00 Å². The number of Topliss-reactive ketones (excluding diaryl/α,β-unsaturated/α-hetero) is 1. The van der Waals surface area contributed by atoms with Crippen LogP contribution in [0.3, 0.4) is 0 Å². The second-order valence-electron chi connectivity index (χ2n) is 8.84. The van der Waals surface area contributed by atoms with Gasteiger partial charge < -0.3 is 5.32 Å². The highest BCUT2D eigenvalue weighted by atomic mass is 32.2. The number of thioether (sulfide) groups is 2. The minimum absolute atomic E-state index is 0.0690. The number of benzene rings is 3. The van der Waals surface area contributed by atoms with Gasteiger partial charge in [0.1, 0.15) is 11.6 Å². The van der Waals surface area contributed by atoms with Crippen LogP contribution >= 0.6 is 23.5 Å². The Bertz CT molecular complexity index is 1140. The maximum absolute atomic E-state index is 13.7. The third kappa shape index (κ3) is 6.80. The lowest BCUT2D eigenvalue weighted by atomic mass is 9.86. The lowest BCUT2D eigenvalue weighted by Crippen LogP contribution is -2.37. The highest BCUT2D eigenvalue weighted by Crippen LogP contribution is 2.54. The van der Waals surface area contributed by atoms with Crippen LogP contribution in [-0.4, -0.2) is 23.2 Å². The van der Waals surface area contributed by atoms with Gasteiger partial charge >= 0.3 is 0 Å². The Morgan fingerprint density at radius 3 is 2.03 bits per heavy atom. The van der Waals surface area contributed by atoms with E-state index in [1.807, 2.05) is 62.4 Å². The van der Waals surface area contributed by atoms with Crippen LogP contribution in [0.1, 0.15) is 39.7 Å². The van der Waals surface area contributed by atoms with Gasteiger partial charge in [-0.1, -0.05) is 82.3 Å². The first-order chi connectivity index (χ1) is 17.3. The van der Waals surface area contributed by atoms with Gasteiger partial charge in [0.25, 0.3) is 0 Å². The molecule has 0 spiro atoms. The molecular formula is C30H34FNO2S2. The number of carbonyl (C=O) groups excluding carboxylic acids is 2. The molecule has 0 aromatic heterocycles. The van der Waals surface area contributed by atoms with E-state index in [-0.39, 0.29) is 23.4 Å². The maximum atomic E-state index is 13.7. The van der Waals surface area contributed by atoms with Crippen molar-refractivity contribution in [2.75, 3.05) is 16.8 Å². The minimum atomic E-state index is -0.815. The van der Waals surface area contributed by atoms with Gasteiger partial charge in [-0.2, -0.15) is 0 Å². The molecule has 3 rings (SSSR count). The summed E-state index contributed by atoms with van der Waals surface area (Å²) in [4.78, 5) is 27.0. The smallest absolute Gasteiger partial charge is 0.235 e. The predicted octanol–water partition coefficient (Wildman–Crippen LogP) is 8.02. The summed E-state index contributed by atoms with van der Waals surface area (Å²) in [6.07, 6.45) is 0.359. The predicted molar refractivity (Wildman–Crippen MR) is 153 cm³/mol. The normalized spacial score (nSPS) is 12.4. The molecule has 1 atom stereocenters. The lowest BCUT2D eigenvalue weighted by molar-refractivity contribution is -0.133. The molecule has 190 valence electrons. The number of carbonyl (C=O) groups is 2. The quantitative estimate of drug-likeness (QED) is 0.193. The summed E-state index contributed by atoms with van der Waals surface area (Å²) in [6, 6.07) is 23.8. The van der Waals surface area contributed by atoms with Crippen molar-refractivity contribution in [2.24, 2.45) is 11.8 Å². The van der Waals surface area contributed by atoms with E-state index in [2.05, 4.69) is 25.2 Å². The van der Waals surface area contributed by atoms with Gasteiger partial charge in [0.15, 0.2) is 0 Å². The van der Waals surface area contributed by atoms with Gasteiger partial charge in [0.05, 0.1) is 10.00 Å². The van der Waals surface area contributed by atoms with Crippen LogP contribution in [-0.2, 0) is 13.7 Å². The summed E-state index contributed by atoms with van der Waals surface area (Å²) in [5.41, 5.74) is 3.61. The topological polar surface area (TPSA) is 46.2 Å². The van der Waals surface area contributed by atoms with Crippen LogP contribution in [0.25, 0.3) is 11.1 Å². The molecule has 0 saturated heterocycles. The zero-order valence-corrected chi connectivity index (χ0v) is 22.9. The van der Waals surface area contributed by atoms with E-state index in [0.717, 1.165) is 28.2 Å². The molecule has 3 aromatic rings. The first-order valence-corrected chi connectivity index (χ1v) is 14.3. The molecule has 6 heteroatoms. The molecule has 1 unspecified atom stereocenters. The molecule has 1 N–H and O–H groups in total. The van der Waals surface area contributed by atoms with E-state index >= 15 is 0 Å². The van der Waals surface area contributed by atoms with Crippen molar-refractivity contribution in [1.29, 1.82) is 0 Å². The molecule has 0 aliphatic rings. The number of para-hydroxylation sites is 1. The summed E-state index contributed by atoms with van der Waals surface area (Å²) < 4.78 is 13.1. The zero-order chi connectivity index (χ0) is 26.1. The third-order valence-corrected chi connectivity index (χ3v) is 8.98. The fraction of sp³-hybridized carbons (Fsp3) is 0.333. The molecule has 0 radical (unpaired) electrons. The van der Waals surface area contributed by atoms with Gasteiger partial charge in [-0.25, -0.2) is 4.39 Å². The second kappa shape index (κ2) is 13.1. The Kier molecular flexibility index (Phi) is 10.2. The Hall–Kier alpha value is -2.57. The van der Waals surface area contributed by atoms with Gasteiger partial charge in [0.2, 0.25) is 5.91 Å². The van der Waals surface area contributed by atoms with Crippen molar-refractivity contribution >= 4 is 40.9 Å². The van der Waals surface area contributed by atoms with Crippen LogP contribution in [0.4, 0.5) is 10.1 Å². The molecule has 0 aliphatic carbocycles. The molecule has 0 saturated carbocycles. The lowest BCUT2D eigenvalue weighted by Gasteiger charge is -2.37. The number of rotatable bonds is 12. The number of anilines is 1. The van der Waals surface area contributed by atoms with E-state index in [1.54, 1.807) is 35.7 Å². The molecule has 0 fully saturated rings. The zero-order valence-electron chi connectivity index (χ0n) is 21.3. The Morgan fingerprint density at radius 1 is 0.861 bits per heavy atom. The van der Waals surface area contributed by atoms with Crippen molar-refractivity contribution in [2.45, 2.75) is 38.2 Å². The van der Waals surface area contributed by atoms with Crippen molar-refractivity contribution in [1.82, 2.24) is 0 Å². The monoisotopic (exact) mass is 523 g/mol. The summed E-state index contributed by atoms with van der Waals surface area (Å²) >= 11 is 3.50. The number of nitrogens with one attached hydrogen (secondary N) is 1. The number of halogens is 1. The van der Waals surface area contributed by atoms with Crippen LogP contribution in [0.15, 0.2) is 78.9 Å². The Morgan fingerprint density at radius 2 is 1.44 bits per heavy atom. The van der Waals surface area contributed by atoms with Gasteiger partial charge in [-0.05, 0) is 58.9 Å². The fourth-order valence-electron chi connectivity index (χ4n) is 4.33. The van der Waals surface area contributed by atoms with Crippen molar-refractivity contribution < 1.29 is 14.0 Å². The summed E-state index contributed by atoms with van der Waals surface area (Å²) in [5, 5.41) is 2.97. The molecule has 3 nitrogen and oxygen atoms in total. The van der Waals surface area contributed by atoms with Crippen LogP contribution < -0.4 is 5.32 Å². The summed E-state index contributed by atoms with van der Waals surface area (Å²) in [5.74, 6) is -0.100. The first-order valence-electron chi connectivity index (χ1n) is 12.3. The fourth-order valence-corrected chi connectivity index (χ4v) is 7.54. The average molecular weight is 524 g/mol. The van der Waals surface area contributed by atoms with E-state index in [0.29, 0.717) is 12.1 Å².